The smallest absolute Gasteiger partial charge is 0.149 e. The van der Waals surface area contributed by atoms with Crippen molar-refractivity contribution in [3.8, 4) is 0 Å². The molecule has 0 amide bonds. The van der Waals surface area contributed by atoms with Crippen LogP contribution in [-0.4, -0.2) is 23.5 Å². The fourth-order valence-corrected chi connectivity index (χ4v) is 0.608. The number of ether oxygens (including phenoxy) is 1. The van der Waals surface area contributed by atoms with E-state index in [1.54, 1.807) is 13.3 Å². The molecule has 56 valence electrons. The lowest BCUT2D eigenvalue weighted by Gasteiger charge is -2.09. The molecule has 0 radical (unpaired) electrons. The van der Waals surface area contributed by atoms with Gasteiger partial charge in [-0.3, -0.25) is 5.10 Å². The predicted octanol–water partition coefficient (Wildman–Crippen LogP) is 0.814. The summed E-state index contributed by atoms with van der Waals surface area (Å²) in [5, 5.41) is 9.59. The molecule has 1 atom stereocenters. The van der Waals surface area contributed by atoms with Crippen LogP contribution in [0.15, 0.2) is 12.3 Å². The Morgan fingerprint density at radius 2 is 2.60 bits per heavy atom. The number of anilines is 1. The highest BCUT2D eigenvalue weighted by atomic mass is 16.5. The molecule has 0 aromatic carbocycles. The lowest BCUT2D eigenvalue weighted by molar-refractivity contribution is 0.140. The summed E-state index contributed by atoms with van der Waals surface area (Å²) >= 11 is 0. The second-order valence-electron chi connectivity index (χ2n) is 1.98. The van der Waals surface area contributed by atoms with Crippen molar-refractivity contribution in [3.05, 3.63) is 12.3 Å². The quantitative estimate of drug-likeness (QED) is 0.612. The van der Waals surface area contributed by atoms with Crippen LogP contribution in [-0.2, 0) is 4.74 Å². The number of hydrogen-bond acceptors (Lipinski definition) is 3. The highest BCUT2D eigenvalue weighted by Gasteiger charge is 1.98. The SMILES string of the molecule is COC(C)Nc1cc[nH]n1. The molecule has 0 aliphatic carbocycles. The number of nitrogens with one attached hydrogen (secondary N) is 2. The van der Waals surface area contributed by atoms with E-state index in [2.05, 4.69) is 15.5 Å². The van der Waals surface area contributed by atoms with Crippen molar-refractivity contribution in [1.29, 1.82) is 0 Å². The van der Waals surface area contributed by atoms with Crippen molar-refractivity contribution in [2.24, 2.45) is 0 Å². The second-order valence-corrected chi connectivity index (χ2v) is 1.98. The van der Waals surface area contributed by atoms with E-state index < -0.39 is 0 Å². The number of methoxy groups -OCH3 is 1. The van der Waals surface area contributed by atoms with Crippen LogP contribution in [0.2, 0.25) is 0 Å². The van der Waals surface area contributed by atoms with E-state index >= 15 is 0 Å². The second kappa shape index (κ2) is 3.22. The molecule has 0 aliphatic rings. The fourth-order valence-electron chi connectivity index (χ4n) is 0.608. The number of hydrogen-bond donors (Lipinski definition) is 2. The maximum atomic E-state index is 4.96. The zero-order valence-electron chi connectivity index (χ0n) is 6.09. The highest BCUT2D eigenvalue weighted by molar-refractivity contribution is 5.31. The van der Waals surface area contributed by atoms with Gasteiger partial charge in [-0.1, -0.05) is 0 Å². The van der Waals surface area contributed by atoms with E-state index in [1.807, 2.05) is 13.0 Å². The van der Waals surface area contributed by atoms with Crippen molar-refractivity contribution >= 4 is 5.82 Å². The molecule has 4 nitrogen and oxygen atoms in total. The molecule has 0 bridgehead atoms. The van der Waals surface area contributed by atoms with Gasteiger partial charge in [-0.2, -0.15) is 5.10 Å². The summed E-state index contributed by atoms with van der Waals surface area (Å²) in [4.78, 5) is 0. The molecule has 0 saturated carbocycles. The first-order valence-corrected chi connectivity index (χ1v) is 3.12. The van der Waals surface area contributed by atoms with Crippen molar-refractivity contribution in [2.45, 2.75) is 13.2 Å². The van der Waals surface area contributed by atoms with Gasteiger partial charge >= 0.3 is 0 Å². The van der Waals surface area contributed by atoms with E-state index in [4.69, 9.17) is 4.74 Å². The van der Waals surface area contributed by atoms with E-state index in [-0.39, 0.29) is 6.23 Å². The van der Waals surface area contributed by atoms with Gasteiger partial charge in [0, 0.05) is 13.3 Å². The van der Waals surface area contributed by atoms with Gasteiger partial charge in [0.05, 0.1) is 0 Å². The van der Waals surface area contributed by atoms with Gasteiger partial charge in [-0.05, 0) is 13.0 Å². The molecule has 1 aromatic rings. The van der Waals surface area contributed by atoms with Gasteiger partial charge in [-0.25, -0.2) is 0 Å². The van der Waals surface area contributed by atoms with Crippen LogP contribution >= 0.6 is 0 Å². The Kier molecular flexibility index (Phi) is 2.28. The van der Waals surface area contributed by atoms with Crippen LogP contribution in [0.4, 0.5) is 5.82 Å². The molecular formula is C6H11N3O. The summed E-state index contributed by atoms with van der Waals surface area (Å²) in [5.74, 6) is 0.800. The van der Waals surface area contributed by atoms with E-state index in [9.17, 15) is 0 Å². The zero-order valence-corrected chi connectivity index (χ0v) is 6.09. The molecule has 1 aromatic heterocycles. The summed E-state index contributed by atoms with van der Waals surface area (Å²) in [5.41, 5.74) is 0. The van der Waals surface area contributed by atoms with Crippen LogP contribution in [0, 0.1) is 0 Å². The van der Waals surface area contributed by atoms with Crippen LogP contribution in [0.25, 0.3) is 0 Å². The monoisotopic (exact) mass is 141 g/mol. The molecule has 0 saturated heterocycles. The highest BCUT2D eigenvalue weighted by Crippen LogP contribution is 2.00. The average molecular weight is 141 g/mol. The van der Waals surface area contributed by atoms with Gasteiger partial charge in [0.15, 0.2) is 0 Å². The number of nitrogens with zero attached hydrogens (tertiary/aromatic N) is 1. The zero-order chi connectivity index (χ0) is 7.40. The third-order valence-corrected chi connectivity index (χ3v) is 1.21. The molecule has 4 heteroatoms. The van der Waals surface area contributed by atoms with E-state index in [0.29, 0.717) is 0 Å². The molecule has 10 heavy (non-hydrogen) atoms. The van der Waals surface area contributed by atoms with Gasteiger partial charge < -0.3 is 10.1 Å². The molecule has 0 fully saturated rings. The van der Waals surface area contributed by atoms with E-state index in [0.717, 1.165) is 5.82 Å². The number of rotatable bonds is 3. The third-order valence-electron chi connectivity index (χ3n) is 1.21. The first-order valence-electron chi connectivity index (χ1n) is 3.12. The van der Waals surface area contributed by atoms with Crippen LogP contribution in [0.3, 0.4) is 0 Å². The number of aromatic amines is 1. The molecule has 1 heterocycles. The van der Waals surface area contributed by atoms with Gasteiger partial charge in [0.25, 0.3) is 0 Å². The molecule has 0 aliphatic heterocycles. The summed E-state index contributed by atoms with van der Waals surface area (Å²) in [6, 6.07) is 1.84. The van der Waals surface area contributed by atoms with Crippen molar-refractivity contribution in [2.75, 3.05) is 12.4 Å². The fraction of sp³-hybridized carbons (Fsp3) is 0.500. The Balaban J connectivity index is 2.40. The summed E-state index contributed by atoms with van der Waals surface area (Å²) in [7, 11) is 1.64. The lowest BCUT2D eigenvalue weighted by Crippen LogP contribution is -2.16. The number of H-pyrrole nitrogens is 1. The van der Waals surface area contributed by atoms with Gasteiger partial charge in [-0.15, -0.1) is 0 Å². The van der Waals surface area contributed by atoms with Crippen molar-refractivity contribution in [1.82, 2.24) is 10.2 Å². The first-order chi connectivity index (χ1) is 4.83. The maximum Gasteiger partial charge on any atom is 0.149 e. The Morgan fingerprint density at radius 1 is 1.80 bits per heavy atom. The molecular weight excluding hydrogens is 130 g/mol. The average Bonchev–Trinajstić information content (AvgIpc) is 2.40. The maximum absolute atomic E-state index is 4.96. The minimum atomic E-state index is 0.00306. The van der Waals surface area contributed by atoms with E-state index in [1.165, 1.54) is 0 Å². The van der Waals surface area contributed by atoms with Crippen molar-refractivity contribution in [3.63, 3.8) is 0 Å². The minimum absolute atomic E-state index is 0.00306. The largest absolute Gasteiger partial charge is 0.362 e. The summed E-state index contributed by atoms with van der Waals surface area (Å²) in [6.07, 6.45) is 1.76. The predicted molar refractivity (Wildman–Crippen MR) is 38.7 cm³/mol. The summed E-state index contributed by atoms with van der Waals surface area (Å²) < 4.78 is 4.96. The Labute approximate surface area is 59.6 Å². The molecule has 0 spiro atoms. The van der Waals surface area contributed by atoms with Crippen LogP contribution in [0.5, 0.6) is 0 Å². The summed E-state index contributed by atoms with van der Waals surface area (Å²) in [6.45, 7) is 1.91. The first kappa shape index (κ1) is 7.08. The Bertz CT molecular complexity index is 173. The normalized spacial score (nSPS) is 13.0. The van der Waals surface area contributed by atoms with Gasteiger partial charge in [0.2, 0.25) is 0 Å². The standard InChI is InChI=1S/C6H11N3O/c1-5(10-2)8-6-3-4-7-9-6/h3-5H,1-2H3,(H2,7,8,9). The molecule has 1 rings (SSSR count). The Morgan fingerprint density at radius 3 is 3.10 bits per heavy atom. The lowest BCUT2D eigenvalue weighted by atomic mass is 10.6. The van der Waals surface area contributed by atoms with Crippen LogP contribution in [0.1, 0.15) is 6.92 Å². The van der Waals surface area contributed by atoms with Crippen LogP contribution < -0.4 is 5.32 Å². The topological polar surface area (TPSA) is 49.9 Å². The van der Waals surface area contributed by atoms with Gasteiger partial charge in [0.1, 0.15) is 12.0 Å². The Hall–Kier alpha value is -1.03. The minimum Gasteiger partial charge on any atom is -0.362 e. The third kappa shape index (κ3) is 1.73. The molecule has 2 N–H and O–H groups in total. The molecule has 1 unspecified atom stereocenters. The van der Waals surface area contributed by atoms with Crippen molar-refractivity contribution < 1.29 is 4.74 Å². The number of aromatic nitrogens is 2.